The van der Waals surface area contributed by atoms with Crippen LogP contribution in [0.15, 0.2) is 12.1 Å². The van der Waals surface area contributed by atoms with Gasteiger partial charge in [0.15, 0.2) is 0 Å². The Morgan fingerprint density at radius 3 is 2.80 bits per heavy atom. The summed E-state index contributed by atoms with van der Waals surface area (Å²) in [5.74, 6) is -0.816. The molecule has 1 aliphatic rings. The topological polar surface area (TPSA) is 59.5 Å². The number of esters is 1. The number of ether oxygens (including phenoxy) is 1. The predicted molar refractivity (Wildman–Crippen MR) is 74.9 cm³/mol. The number of likely N-dealkylation sites (tertiary alicyclic amines) is 1. The van der Waals surface area contributed by atoms with Crippen LogP contribution in [0.1, 0.15) is 29.8 Å². The molecule has 108 valence electrons. The summed E-state index contributed by atoms with van der Waals surface area (Å²) in [6, 6.07) is 2.44. The van der Waals surface area contributed by atoms with Gasteiger partial charge in [0, 0.05) is 6.54 Å². The van der Waals surface area contributed by atoms with Crippen LogP contribution in [0.5, 0.6) is 0 Å². The zero-order valence-corrected chi connectivity index (χ0v) is 12.4. The minimum atomic E-state index is -0.585. The van der Waals surface area contributed by atoms with Crippen LogP contribution in [0.4, 0.5) is 0 Å². The number of nitrogens with zero attached hydrogens (tertiary/aromatic N) is 2. The van der Waals surface area contributed by atoms with Gasteiger partial charge in [0.05, 0.1) is 12.1 Å². The summed E-state index contributed by atoms with van der Waals surface area (Å²) in [6.07, 6.45) is 2.29. The molecule has 0 aliphatic carbocycles. The number of carbonyl (C=O) groups excluding carboxylic acids is 2. The molecule has 1 aromatic heterocycles. The molecule has 5 nitrogen and oxygen atoms in total. The molecule has 1 fully saturated rings. The van der Waals surface area contributed by atoms with Crippen molar-refractivity contribution < 1.29 is 14.3 Å². The van der Waals surface area contributed by atoms with E-state index in [0.717, 1.165) is 12.8 Å². The first kappa shape index (κ1) is 15.1. The van der Waals surface area contributed by atoms with Crippen molar-refractivity contribution in [2.24, 2.45) is 0 Å². The molecule has 0 spiro atoms. The normalized spacial score (nSPS) is 18.8. The van der Waals surface area contributed by atoms with Crippen LogP contribution in [-0.2, 0) is 9.53 Å². The average Bonchev–Trinajstić information content (AvgIpc) is 2.48. The van der Waals surface area contributed by atoms with Gasteiger partial charge in [0.25, 0.3) is 5.91 Å². The summed E-state index contributed by atoms with van der Waals surface area (Å²) >= 11 is 11.8. The van der Waals surface area contributed by atoms with Gasteiger partial charge in [-0.1, -0.05) is 23.2 Å². The number of hydrogen-bond donors (Lipinski definition) is 0. The lowest BCUT2D eigenvalue weighted by Crippen LogP contribution is -2.48. The van der Waals surface area contributed by atoms with Gasteiger partial charge in [-0.15, -0.1) is 0 Å². The maximum absolute atomic E-state index is 12.5. The molecule has 2 heterocycles. The number of aromatic nitrogens is 1. The first-order valence-electron chi connectivity index (χ1n) is 6.25. The van der Waals surface area contributed by atoms with Gasteiger partial charge in [0.1, 0.15) is 16.9 Å². The fourth-order valence-corrected chi connectivity index (χ4v) is 2.59. The number of methoxy groups -OCH3 is 1. The van der Waals surface area contributed by atoms with Crippen molar-refractivity contribution in [1.82, 2.24) is 9.88 Å². The van der Waals surface area contributed by atoms with Crippen molar-refractivity contribution >= 4 is 35.1 Å². The summed E-state index contributed by atoms with van der Waals surface area (Å²) in [5.41, 5.74) is 0.0648. The number of pyridine rings is 1. The van der Waals surface area contributed by atoms with Crippen molar-refractivity contribution in [3.63, 3.8) is 0 Å². The summed E-state index contributed by atoms with van der Waals surface area (Å²) in [4.78, 5) is 29.7. The average molecular weight is 317 g/mol. The highest BCUT2D eigenvalue weighted by atomic mass is 35.5. The SMILES string of the molecule is COC(=O)C1CCCCN1C(=O)c1nc(Cl)ccc1Cl. The summed E-state index contributed by atoms with van der Waals surface area (Å²) in [6.45, 7) is 0.475. The number of hydrogen-bond acceptors (Lipinski definition) is 4. The quantitative estimate of drug-likeness (QED) is 0.621. The van der Waals surface area contributed by atoms with Crippen molar-refractivity contribution in [2.75, 3.05) is 13.7 Å². The van der Waals surface area contributed by atoms with Crippen LogP contribution in [0.2, 0.25) is 10.2 Å². The maximum Gasteiger partial charge on any atom is 0.328 e. The van der Waals surface area contributed by atoms with Gasteiger partial charge < -0.3 is 9.64 Å². The van der Waals surface area contributed by atoms with E-state index in [1.165, 1.54) is 24.1 Å². The third-order valence-electron chi connectivity index (χ3n) is 3.25. The number of amides is 1. The zero-order chi connectivity index (χ0) is 14.7. The van der Waals surface area contributed by atoms with E-state index in [1.807, 2.05) is 0 Å². The Balaban J connectivity index is 2.30. The lowest BCUT2D eigenvalue weighted by molar-refractivity contribution is -0.147. The molecule has 7 heteroatoms. The summed E-state index contributed by atoms with van der Waals surface area (Å²) in [5, 5.41) is 0.401. The maximum atomic E-state index is 12.5. The molecule has 1 aromatic rings. The zero-order valence-electron chi connectivity index (χ0n) is 10.9. The molecule has 0 saturated carbocycles. The Bertz CT molecular complexity index is 536. The van der Waals surface area contributed by atoms with E-state index in [9.17, 15) is 9.59 Å². The van der Waals surface area contributed by atoms with E-state index in [1.54, 1.807) is 0 Å². The molecule has 1 aliphatic heterocycles. The second-order valence-electron chi connectivity index (χ2n) is 4.50. The molecule has 0 bridgehead atoms. The number of carbonyl (C=O) groups is 2. The summed E-state index contributed by atoms with van der Waals surface area (Å²) in [7, 11) is 1.31. The van der Waals surface area contributed by atoms with Gasteiger partial charge in [-0.25, -0.2) is 9.78 Å². The Kier molecular flexibility index (Phi) is 4.83. The van der Waals surface area contributed by atoms with E-state index in [2.05, 4.69) is 4.98 Å². The van der Waals surface area contributed by atoms with Crippen LogP contribution in [-0.4, -0.2) is 41.5 Å². The molecule has 20 heavy (non-hydrogen) atoms. The van der Waals surface area contributed by atoms with Crippen LogP contribution in [0, 0.1) is 0 Å². The molecule has 2 rings (SSSR count). The van der Waals surface area contributed by atoms with Crippen LogP contribution in [0.3, 0.4) is 0 Å². The fraction of sp³-hybridized carbons (Fsp3) is 0.462. The van der Waals surface area contributed by atoms with Crippen molar-refractivity contribution in [2.45, 2.75) is 25.3 Å². The minimum absolute atomic E-state index is 0.0648. The fourth-order valence-electron chi connectivity index (χ4n) is 2.26. The second-order valence-corrected chi connectivity index (χ2v) is 5.29. The highest BCUT2D eigenvalue weighted by Gasteiger charge is 2.34. The monoisotopic (exact) mass is 316 g/mol. The van der Waals surface area contributed by atoms with Gasteiger partial charge in [-0.05, 0) is 31.4 Å². The minimum Gasteiger partial charge on any atom is -0.467 e. The van der Waals surface area contributed by atoms with Crippen molar-refractivity contribution in [1.29, 1.82) is 0 Å². The molecular weight excluding hydrogens is 303 g/mol. The Labute approximate surface area is 126 Å². The molecule has 1 amide bonds. The first-order valence-corrected chi connectivity index (χ1v) is 7.01. The number of rotatable bonds is 2. The first-order chi connectivity index (χ1) is 9.54. The van der Waals surface area contributed by atoms with Gasteiger partial charge >= 0.3 is 5.97 Å². The second kappa shape index (κ2) is 6.41. The Morgan fingerprint density at radius 1 is 1.35 bits per heavy atom. The molecule has 0 aromatic carbocycles. The van der Waals surface area contributed by atoms with Crippen molar-refractivity contribution in [3.8, 4) is 0 Å². The van der Waals surface area contributed by atoms with Crippen LogP contribution in [0.25, 0.3) is 0 Å². The van der Waals surface area contributed by atoms with Gasteiger partial charge in [-0.3, -0.25) is 4.79 Å². The third kappa shape index (κ3) is 3.04. The predicted octanol–water partition coefficient (Wildman–Crippen LogP) is 2.56. The molecule has 0 N–H and O–H groups in total. The Morgan fingerprint density at radius 2 is 2.10 bits per heavy atom. The third-order valence-corrected chi connectivity index (χ3v) is 3.77. The number of halogens is 2. The number of piperidine rings is 1. The van der Waals surface area contributed by atoms with E-state index in [4.69, 9.17) is 27.9 Å². The summed E-state index contributed by atoms with van der Waals surface area (Å²) < 4.78 is 4.75. The molecule has 1 unspecified atom stereocenters. The largest absolute Gasteiger partial charge is 0.467 e. The van der Waals surface area contributed by atoms with E-state index in [-0.39, 0.29) is 15.9 Å². The lowest BCUT2D eigenvalue weighted by Gasteiger charge is -2.33. The molecular formula is C13H14Cl2N2O3. The highest BCUT2D eigenvalue weighted by Crippen LogP contribution is 2.24. The highest BCUT2D eigenvalue weighted by molar-refractivity contribution is 6.34. The van der Waals surface area contributed by atoms with Gasteiger partial charge in [-0.2, -0.15) is 0 Å². The standard InChI is InChI=1S/C13H14Cl2N2O3/c1-20-13(19)9-4-2-3-7-17(9)12(18)11-8(14)5-6-10(15)16-11/h5-6,9H,2-4,7H2,1H3. The lowest BCUT2D eigenvalue weighted by atomic mass is 10.0. The van der Waals surface area contributed by atoms with Crippen LogP contribution < -0.4 is 0 Å². The molecule has 1 saturated heterocycles. The smallest absolute Gasteiger partial charge is 0.328 e. The molecule has 1 atom stereocenters. The van der Waals surface area contributed by atoms with E-state index < -0.39 is 17.9 Å². The molecule has 0 radical (unpaired) electrons. The van der Waals surface area contributed by atoms with Gasteiger partial charge in [0.2, 0.25) is 0 Å². The van der Waals surface area contributed by atoms with Crippen LogP contribution >= 0.6 is 23.2 Å². The van der Waals surface area contributed by atoms with Crippen molar-refractivity contribution in [3.05, 3.63) is 28.0 Å². The van der Waals surface area contributed by atoms with E-state index in [0.29, 0.717) is 13.0 Å². The van der Waals surface area contributed by atoms with E-state index >= 15 is 0 Å². The Hall–Kier alpha value is -1.33.